The smallest absolute Gasteiger partial charge is 0.0382 e. The Kier molecular flexibility index (Phi) is 4.57. The summed E-state index contributed by atoms with van der Waals surface area (Å²) in [5.41, 5.74) is 1.81. The van der Waals surface area contributed by atoms with E-state index >= 15 is 0 Å². The molecule has 0 radical (unpaired) electrons. The number of rotatable bonds is 5. The van der Waals surface area contributed by atoms with Gasteiger partial charge in [0.15, 0.2) is 0 Å². The molecule has 0 fully saturated rings. The molecule has 0 aromatic carbocycles. The van der Waals surface area contributed by atoms with Crippen LogP contribution in [0.25, 0.3) is 0 Å². The number of hydrogen-bond acceptors (Lipinski definition) is 2. The van der Waals surface area contributed by atoms with Crippen molar-refractivity contribution in [2.45, 2.75) is 54.0 Å². The standard InChI is InChI=1S/C14H25NS/c1-7-14(5,6)13(15-8-2)12-9-10(3)16-11(12)4/h9,13,15H,7-8H2,1-6H3. The fraction of sp³-hybridized carbons (Fsp3) is 0.714. The average Bonchev–Trinajstić information content (AvgIpc) is 2.54. The van der Waals surface area contributed by atoms with Crippen LogP contribution in [0, 0.1) is 19.3 Å². The Labute approximate surface area is 104 Å². The highest BCUT2D eigenvalue weighted by molar-refractivity contribution is 7.12. The first-order valence-electron chi connectivity index (χ1n) is 6.22. The van der Waals surface area contributed by atoms with Gasteiger partial charge < -0.3 is 5.32 Å². The van der Waals surface area contributed by atoms with Gasteiger partial charge in [-0.3, -0.25) is 0 Å². The third-order valence-corrected chi connectivity index (χ3v) is 4.47. The Bertz CT molecular complexity index is 339. The molecule has 1 N–H and O–H groups in total. The number of aryl methyl sites for hydroxylation is 2. The summed E-state index contributed by atoms with van der Waals surface area (Å²) >= 11 is 1.91. The molecule has 1 unspecified atom stereocenters. The normalized spacial score (nSPS) is 14.1. The van der Waals surface area contributed by atoms with E-state index in [9.17, 15) is 0 Å². The van der Waals surface area contributed by atoms with Crippen molar-refractivity contribution in [1.29, 1.82) is 0 Å². The summed E-state index contributed by atoms with van der Waals surface area (Å²) in [4.78, 5) is 2.88. The van der Waals surface area contributed by atoms with Crippen LogP contribution in [0.1, 0.15) is 55.5 Å². The van der Waals surface area contributed by atoms with Crippen LogP contribution in [0.15, 0.2) is 6.07 Å². The number of nitrogens with one attached hydrogen (secondary N) is 1. The molecule has 1 nitrogen and oxygen atoms in total. The summed E-state index contributed by atoms with van der Waals surface area (Å²) in [5.74, 6) is 0. The zero-order chi connectivity index (χ0) is 12.3. The topological polar surface area (TPSA) is 12.0 Å². The monoisotopic (exact) mass is 239 g/mol. The molecule has 2 heteroatoms. The molecule has 1 atom stereocenters. The summed E-state index contributed by atoms with van der Waals surface area (Å²) in [5, 5.41) is 3.65. The number of hydrogen-bond donors (Lipinski definition) is 1. The van der Waals surface area contributed by atoms with Crippen molar-refractivity contribution in [3.05, 3.63) is 21.4 Å². The van der Waals surface area contributed by atoms with Crippen LogP contribution in [0.2, 0.25) is 0 Å². The lowest BCUT2D eigenvalue weighted by Crippen LogP contribution is -2.34. The first-order chi connectivity index (χ1) is 7.42. The van der Waals surface area contributed by atoms with Gasteiger partial charge in [0.05, 0.1) is 0 Å². The molecule has 0 bridgehead atoms. The Morgan fingerprint density at radius 1 is 1.31 bits per heavy atom. The number of thiophene rings is 1. The third kappa shape index (κ3) is 2.86. The summed E-state index contributed by atoms with van der Waals surface area (Å²) < 4.78 is 0. The van der Waals surface area contributed by atoms with Crippen molar-refractivity contribution in [2.75, 3.05) is 6.54 Å². The predicted octanol–water partition coefficient (Wildman–Crippen LogP) is 4.45. The van der Waals surface area contributed by atoms with Gasteiger partial charge in [0.25, 0.3) is 0 Å². The second-order valence-electron chi connectivity index (χ2n) is 5.20. The molecule has 0 aliphatic rings. The van der Waals surface area contributed by atoms with Crippen molar-refractivity contribution in [3.8, 4) is 0 Å². The maximum Gasteiger partial charge on any atom is 0.0382 e. The van der Waals surface area contributed by atoms with E-state index in [2.05, 4.69) is 52.9 Å². The average molecular weight is 239 g/mol. The quantitative estimate of drug-likeness (QED) is 0.800. The van der Waals surface area contributed by atoms with Gasteiger partial charge in [-0.25, -0.2) is 0 Å². The highest BCUT2D eigenvalue weighted by atomic mass is 32.1. The molecule has 0 saturated carbocycles. The van der Waals surface area contributed by atoms with Crippen LogP contribution in [0.4, 0.5) is 0 Å². The lowest BCUT2D eigenvalue weighted by Gasteiger charge is -2.34. The zero-order valence-electron chi connectivity index (χ0n) is 11.5. The summed E-state index contributed by atoms with van der Waals surface area (Å²) in [6, 6.07) is 2.83. The fourth-order valence-corrected chi connectivity index (χ4v) is 3.12. The van der Waals surface area contributed by atoms with E-state index in [4.69, 9.17) is 0 Å². The second-order valence-corrected chi connectivity index (χ2v) is 6.66. The fourth-order valence-electron chi connectivity index (χ4n) is 2.15. The first kappa shape index (κ1) is 13.7. The SMILES string of the molecule is CCNC(c1cc(C)sc1C)C(C)(C)CC. The minimum atomic E-state index is 0.314. The second kappa shape index (κ2) is 5.33. The van der Waals surface area contributed by atoms with Crippen molar-refractivity contribution < 1.29 is 0 Å². The van der Waals surface area contributed by atoms with Crippen LogP contribution in [0.3, 0.4) is 0 Å². The summed E-state index contributed by atoms with van der Waals surface area (Å²) in [7, 11) is 0. The molecule has 92 valence electrons. The molecule has 1 heterocycles. The van der Waals surface area contributed by atoms with E-state index in [0.717, 1.165) is 6.54 Å². The molecule has 0 aliphatic heterocycles. The molecule has 1 aromatic heterocycles. The predicted molar refractivity (Wildman–Crippen MR) is 74.3 cm³/mol. The van der Waals surface area contributed by atoms with Crippen molar-refractivity contribution in [3.63, 3.8) is 0 Å². The molecular weight excluding hydrogens is 214 g/mol. The third-order valence-electron chi connectivity index (χ3n) is 3.49. The molecule has 0 saturated heterocycles. The largest absolute Gasteiger partial charge is 0.310 e. The van der Waals surface area contributed by atoms with E-state index in [-0.39, 0.29) is 0 Å². The molecule has 0 aliphatic carbocycles. The highest BCUT2D eigenvalue weighted by Crippen LogP contribution is 2.39. The molecular formula is C14H25NS. The van der Waals surface area contributed by atoms with E-state index in [0.29, 0.717) is 11.5 Å². The van der Waals surface area contributed by atoms with Crippen molar-refractivity contribution in [2.24, 2.45) is 5.41 Å². The van der Waals surface area contributed by atoms with Crippen molar-refractivity contribution >= 4 is 11.3 Å². The van der Waals surface area contributed by atoms with Crippen LogP contribution >= 0.6 is 11.3 Å². The van der Waals surface area contributed by atoms with Crippen LogP contribution in [0.5, 0.6) is 0 Å². The van der Waals surface area contributed by atoms with E-state index in [1.807, 2.05) is 11.3 Å². The zero-order valence-corrected chi connectivity index (χ0v) is 12.3. The van der Waals surface area contributed by atoms with Gasteiger partial charge in [0, 0.05) is 15.8 Å². The maximum absolute atomic E-state index is 3.65. The van der Waals surface area contributed by atoms with Gasteiger partial charge in [-0.05, 0) is 43.9 Å². The molecule has 0 spiro atoms. The highest BCUT2D eigenvalue weighted by Gasteiger charge is 2.30. The molecule has 1 aromatic rings. The Morgan fingerprint density at radius 3 is 2.31 bits per heavy atom. The minimum absolute atomic E-state index is 0.314. The Morgan fingerprint density at radius 2 is 1.94 bits per heavy atom. The van der Waals surface area contributed by atoms with Gasteiger partial charge in [-0.1, -0.05) is 27.7 Å². The molecule has 1 rings (SSSR count). The first-order valence-corrected chi connectivity index (χ1v) is 7.04. The Hall–Kier alpha value is -0.340. The van der Waals surface area contributed by atoms with Gasteiger partial charge in [-0.2, -0.15) is 0 Å². The lowest BCUT2D eigenvalue weighted by molar-refractivity contribution is 0.237. The summed E-state index contributed by atoms with van der Waals surface area (Å²) in [6.45, 7) is 14.6. The van der Waals surface area contributed by atoms with E-state index in [1.54, 1.807) is 0 Å². The van der Waals surface area contributed by atoms with Crippen molar-refractivity contribution in [1.82, 2.24) is 5.32 Å². The van der Waals surface area contributed by atoms with Crippen LogP contribution < -0.4 is 5.32 Å². The van der Waals surface area contributed by atoms with E-state index in [1.165, 1.54) is 21.7 Å². The lowest BCUT2D eigenvalue weighted by atomic mass is 9.78. The van der Waals surface area contributed by atoms with Gasteiger partial charge in [-0.15, -0.1) is 11.3 Å². The minimum Gasteiger partial charge on any atom is -0.310 e. The van der Waals surface area contributed by atoms with Gasteiger partial charge in [0.2, 0.25) is 0 Å². The van der Waals surface area contributed by atoms with Gasteiger partial charge in [0.1, 0.15) is 0 Å². The molecule has 0 amide bonds. The summed E-state index contributed by atoms with van der Waals surface area (Å²) in [6.07, 6.45) is 1.19. The van der Waals surface area contributed by atoms with Gasteiger partial charge >= 0.3 is 0 Å². The Balaban J connectivity index is 3.07. The van der Waals surface area contributed by atoms with E-state index < -0.39 is 0 Å². The molecule has 16 heavy (non-hydrogen) atoms. The van der Waals surface area contributed by atoms with Crippen LogP contribution in [-0.4, -0.2) is 6.54 Å². The maximum atomic E-state index is 3.65. The van der Waals surface area contributed by atoms with Crippen LogP contribution in [-0.2, 0) is 0 Å².